The van der Waals surface area contributed by atoms with Crippen LogP contribution < -0.4 is 24.8 Å². The Bertz CT molecular complexity index is 1980. The third-order valence-electron chi connectivity index (χ3n) is 11.3. The number of carboxylic acids is 1. The van der Waals surface area contributed by atoms with Gasteiger partial charge >= 0.3 is 12.1 Å². The second-order valence-electron chi connectivity index (χ2n) is 15.9. The first-order valence-corrected chi connectivity index (χ1v) is 19.6. The van der Waals surface area contributed by atoms with Gasteiger partial charge in [-0.25, -0.2) is 19.6 Å². The lowest BCUT2D eigenvalue weighted by Crippen LogP contribution is -2.59. The van der Waals surface area contributed by atoms with Gasteiger partial charge in [-0.1, -0.05) is 57.1 Å². The highest BCUT2D eigenvalue weighted by Crippen LogP contribution is 2.52. The third-order valence-corrected chi connectivity index (χ3v) is 12.5. The molecular formula is C38H46ClN5O9S. The van der Waals surface area contributed by atoms with Gasteiger partial charge in [0, 0.05) is 23.3 Å². The van der Waals surface area contributed by atoms with Gasteiger partial charge in [0.05, 0.1) is 32.0 Å². The maximum Gasteiger partial charge on any atom is 0.408 e. The largest absolute Gasteiger partial charge is 0.495 e. The van der Waals surface area contributed by atoms with Crippen LogP contribution in [0.1, 0.15) is 66.2 Å². The number of carboxylic acid groups (broad SMARTS) is 1. The summed E-state index contributed by atoms with van der Waals surface area (Å²) >= 11 is 8.06. The van der Waals surface area contributed by atoms with E-state index in [4.69, 9.17) is 35.5 Å². The van der Waals surface area contributed by atoms with Gasteiger partial charge in [-0.2, -0.15) is 0 Å². The van der Waals surface area contributed by atoms with Crippen molar-refractivity contribution >= 4 is 57.7 Å². The standard InChI is InChI=1S/C38H46ClN5O9S/c1-7-20-15-38(20,34(47)48)43-32(45)26-13-22(16-44(26)33(46)31(37(2,3)4)42-35(49)53-21-11-18-10-19(18)12-21)52-28-14-24(25-17-54-36(41-25)51-6)40-30-23(28)8-9-27(50-5)29(30)39/h8-9,14,17-22,26,31H,7,10-13,15-16H2,1-6H3,(H,42,49)(H,43,45)(H,47,48)/t18-,19+,20-,21?,22-,26+,31-,38-/m1/s1. The first-order chi connectivity index (χ1) is 25.6. The Kier molecular flexibility index (Phi) is 10.1. The van der Waals surface area contributed by atoms with Crippen LogP contribution in [0.15, 0.2) is 23.6 Å². The summed E-state index contributed by atoms with van der Waals surface area (Å²) in [5.74, 6) is -0.458. The maximum absolute atomic E-state index is 14.6. The second kappa shape index (κ2) is 14.4. The summed E-state index contributed by atoms with van der Waals surface area (Å²) in [5, 5.41) is 18.8. The molecule has 14 nitrogen and oxygen atoms in total. The summed E-state index contributed by atoms with van der Waals surface area (Å²) in [6.07, 6.45) is 2.13. The van der Waals surface area contributed by atoms with Crippen LogP contribution in [0.5, 0.6) is 16.7 Å². The molecule has 4 aliphatic rings. The Hall–Kier alpha value is -4.37. The fourth-order valence-corrected chi connectivity index (χ4v) is 9.00. The number of halogens is 1. The average Bonchev–Trinajstić information content (AvgIpc) is 3.78. The third kappa shape index (κ3) is 7.24. The van der Waals surface area contributed by atoms with Crippen LogP contribution in [0.2, 0.25) is 5.02 Å². The molecule has 0 spiro atoms. The highest BCUT2D eigenvalue weighted by molar-refractivity contribution is 7.11. The lowest BCUT2D eigenvalue weighted by molar-refractivity contribution is -0.146. The highest BCUT2D eigenvalue weighted by Gasteiger charge is 2.61. The molecule has 54 heavy (non-hydrogen) atoms. The minimum atomic E-state index is -1.41. The number of carbonyl (C=O) groups excluding carboxylic acids is 3. The molecule has 2 aromatic heterocycles. The number of pyridine rings is 1. The van der Waals surface area contributed by atoms with Crippen molar-refractivity contribution in [3.63, 3.8) is 0 Å². The van der Waals surface area contributed by atoms with Crippen molar-refractivity contribution in [2.24, 2.45) is 23.2 Å². The molecule has 1 aromatic carbocycles. The van der Waals surface area contributed by atoms with E-state index in [-0.39, 0.29) is 30.0 Å². The molecule has 3 heterocycles. The lowest BCUT2D eigenvalue weighted by atomic mass is 9.85. The molecule has 1 saturated heterocycles. The Morgan fingerprint density at radius 2 is 1.78 bits per heavy atom. The number of methoxy groups -OCH3 is 2. The number of rotatable bonds is 12. The molecule has 4 fully saturated rings. The van der Waals surface area contributed by atoms with E-state index in [9.17, 15) is 24.3 Å². The number of hydrogen-bond donors (Lipinski definition) is 3. The van der Waals surface area contributed by atoms with Crippen LogP contribution in [0, 0.1) is 23.2 Å². The Morgan fingerprint density at radius 3 is 2.39 bits per heavy atom. The van der Waals surface area contributed by atoms with Gasteiger partial charge in [0.2, 0.25) is 11.8 Å². The summed E-state index contributed by atoms with van der Waals surface area (Å²) in [6, 6.07) is 3.03. The number of nitrogens with zero attached hydrogens (tertiary/aromatic N) is 3. The van der Waals surface area contributed by atoms with Crippen molar-refractivity contribution in [2.75, 3.05) is 20.8 Å². The Balaban J connectivity index is 1.20. The lowest BCUT2D eigenvalue weighted by Gasteiger charge is -2.35. The van der Waals surface area contributed by atoms with Crippen LogP contribution >= 0.6 is 22.9 Å². The molecule has 1 aliphatic heterocycles. The van der Waals surface area contributed by atoms with Crippen molar-refractivity contribution in [1.82, 2.24) is 25.5 Å². The van der Waals surface area contributed by atoms with Gasteiger partial charge in [-0.3, -0.25) is 9.59 Å². The second-order valence-corrected chi connectivity index (χ2v) is 17.1. The topological polar surface area (TPSA) is 179 Å². The number of carbonyl (C=O) groups is 4. The van der Waals surface area contributed by atoms with E-state index in [0.717, 1.165) is 12.8 Å². The van der Waals surface area contributed by atoms with Crippen LogP contribution in [-0.4, -0.2) is 94.4 Å². The first-order valence-electron chi connectivity index (χ1n) is 18.3. The minimum Gasteiger partial charge on any atom is -0.495 e. The first kappa shape index (κ1) is 37.9. The summed E-state index contributed by atoms with van der Waals surface area (Å²) in [4.78, 5) is 65.0. The molecule has 3 aromatic rings. The minimum absolute atomic E-state index is 0.0307. The van der Waals surface area contributed by atoms with E-state index in [1.165, 1.54) is 36.9 Å². The number of nitrogens with one attached hydrogen (secondary N) is 2. The Morgan fingerprint density at radius 1 is 1.04 bits per heavy atom. The van der Waals surface area contributed by atoms with Crippen LogP contribution in [0.3, 0.4) is 0 Å². The zero-order valence-electron chi connectivity index (χ0n) is 31.1. The molecule has 290 valence electrons. The van der Waals surface area contributed by atoms with Gasteiger partial charge in [-0.05, 0) is 61.0 Å². The number of aliphatic carboxylic acids is 1. The van der Waals surface area contributed by atoms with Gasteiger partial charge in [0.15, 0.2) is 0 Å². The van der Waals surface area contributed by atoms with Gasteiger partial charge in [0.25, 0.3) is 5.19 Å². The van der Waals surface area contributed by atoms with Gasteiger partial charge < -0.3 is 39.6 Å². The monoisotopic (exact) mass is 783 g/mol. The average molecular weight is 784 g/mol. The molecule has 0 radical (unpaired) electrons. The number of amides is 3. The number of aromatic nitrogens is 2. The molecule has 8 atom stereocenters. The van der Waals surface area contributed by atoms with E-state index >= 15 is 0 Å². The molecule has 3 N–H and O–H groups in total. The van der Waals surface area contributed by atoms with E-state index < -0.39 is 53.0 Å². The van der Waals surface area contributed by atoms with E-state index in [1.807, 2.05) is 27.7 Å². The highest BCUT2D eigenvalue weighted by atomic mass is 35.5. The number of ether oxygens (including phenoxy) is 4. The summed E-state index contributed by atoms with van der Waals surface area (Å²) in [5.41, 5.74) is -0.815. The molecule has 7 rings (SSSR count). The van der Waals surface area contributed by atoms with E-state index in [0.29, 0.717) is 63.7 Å². The van der Waals surface area contributed by atoms with E-state index in [1.54, 1.807) is 23.6 Å². The normalized spacial score (nSPS) is 27.5. The molecule has 3 saturated carbocycles. The summed E-state index contributed by atoms with van der Waals surface area (Å²) in [6.45, 7) is 7.32. The SMILES string of the molecule is CC[C@@H]1C[C@]1(NC(=O)[C@@H]1C[C@@H](Oc2cc(-c3csc(OC)n3)nc3c(Cl)c(OC)ccc23)CN1C(=O)[C@@H](NC(=O)OC1C[C@@H]2C[C@@H]2C1)C(C)(C)C)C(=O)O. The van der Waals surface area contributed by atoms with E-state index in [2.05, 4.69) is 15.6 Å². The molecule has 3 aliphatic carbocycles. The number of alkyl carbamates (subject to hydrolysis) is 1. The zero-order valence-corrected chi connectivity index (χ0v) is 32.7. The van der Waals surface area contributed by atoms with Crippen molar-refractivity contribution in [2.45, 2.75) is 96.1 Å². The number of thiazole rings is 1. The number of hydrogen-bond acceptors (Lipinski definition) is 11. The molecule has 3 amide bonds. The van der Waals surface area contributed by atoms with Crippen LogP contribution in [0.4, 0.5) is 4.79 Å². The van der Waals surface area contributed by atoms with Crippen molar-refractivity contribution in [3.05, 3.63) is 28.6 Å². The van der Waals surface area contributed by atoms with Crippen molar-refractivity contribution in [1.29, 1.82) is 0 Å². The molecule has 1 unspecified atom stereocenters. The predicted molar refractivity (Wildman–Crippen MR) is 200 cm³/mol. The van der Waals surface area contributed by atoms with Crippen LogP contribution in [-0.2, 0) is 19.1 Å². The Labute approximate surface area is 322 Å². The zero-order chi connectivity index (χ0) is 38.7. The number of fused-ring (bicyclic) bond motifs is 2. The fraction of sp³-hybridized carbons (Fsp3) is 0.579. The molecule has 0 bridgehead atoms. The molecule has 16 heteroatoms. The number of benzene rings is 1. The summed E-state index contributed by atoms with van der Waals surface area (Å²) < 4.78 is 23.2. The fourth-order valence-electron chi connectivity index (χ4n) is 8.09. The quantitative estimate of drug-likeness (QED) is 0.206. The number of likely N-dealkylation sites (tertiary alicyclic amines) is 1. The van der Waals surface area contributed by atoms with Crippen molar-refractivity contribution < 1.29 is 43.2 Å². The smallest absolute Gasteiger partial charge is 0.408 e. The summed E-state index contributed by atoms with van der Waals surface area (Å²) in [7, 11) is 3.03. The molecular weight excluding hydrogens is 738 g/mol. The van der Waals surface area contributed by atoms with Gasteiger partial charge in [0.1, 0.15) is 52.0 Å². The predicted octanol–water partition coefficient (Wildman–Crippen LogP) is 5.69. The maximum atomic E-state index is 14.6. The van der Waals surface area contributed by atoms with Crippen molar-refractivity contribution in [3.8, 4) is 28.1 Å². The van der Waals surface area contributed by atoms with Crippen LogP contribution in [0.25, 0.3) is 22.3 Å². The van der Waals surface area contributed by atoms with Gasteiger partial charge in [-0.15, -0.1) is 0 Å².